The third-order valence-corrected chi connectivity index (χ3v) is 3.25. The van der Waals surface area contributed by atoms with Crippen molar-refractivity contribution in [2.75, 3.05) is 13.6 Å². The van der Waals surface area contributed by atoms with E-state index in [1.165, 1.54) is 19.3 Å². The van der Waals surface area contributed by atoms with Crippen molar-refractivity contribution in [3.05, 3.63) is 0 Å². The molecule has 3 unspecified atom stereocenters. The molecular weight excluding hydrogens is 158 g/mol. The smallest absolute Gasteiger partial charge is 0.0118 e. The average molecular weight is 179 g/mol. The van der Waals surface area contributed by atoms with Gasteiger partial charge < -0.3 is 5.32 Å². The van der Waals surface area contributed by atoms with E-state index in [0.717, 1.165) is 30.7 Å². The molecule has 0 aromatic rings. The molecule has 0 amide bonds. The Morgan fingerprint density at radius 2 is 2.15 bits per heavy atom. The second kappa shape index (κ2) is 5.29. The van der Waals surface area contributed by atoms with Crippen molar-refractivity contribution in [1.82, 2.24) is 5.32 Å². The van der Waals surface area contributed by atoms with Crippen LogP contribution in [0.3, 0.4) is 0 Å². The highest BCUT2D eigenvalue weighted by Gasteiger charge is 2.27. The minimum absolute atomic E-state index is 0.765. The fourth-order valence-corrected chi connectivity index (χ4v) is 2.49. The minimum Gasteiger partial charge on any atom is -0.319 e. The van der Waals surface area contributed by atoms with E-state index in [0.29, 0.717) is 0 Å². The summed E-state index contributed by atoms with van der Waals surface area (Å²) in [5, 5.41) is 3.27. The van der Waals surface area contributed by atoms with Gasteiger partial charge >= 0.3 is 0 Å². The Kier molecular flexibility index (Phi) is 4.32. The second-order valence-corrected chi connectivity index (χ2v) is 4.40. The summed E-state index contributed by atoms with van der Waals surface area (Å²) in [5.74, 6) is 5.28. The molecule has 0 heterocycles. The molecule has 1 aliphatic carbocycles. The van der Waals surface area contributed by atoms with Gasteiger partial charge in [-0.1, -0.05) is 13.3 Å². The van der Waals surface area contributed by atoms with Gasteiger partial charge in [0.25, 0.3) is 0 Å². The fourth-order valence-electron chi connectivity index (χ4n) is 2.49. The van der Waals surface area contributed by atoms with E-state index in [1.807, 2.05) is 7.05 Å². The highest BCUT2D eigenvalue weighted by Crippen LogP contribution is 2.35. The SMILES string of the molecule is C#CCC1CC(C)CCC1CNC. The molecule has 0 bridgehead atoms. The molecule has 1 heteroatoms. The minimum atomic E-state index is 0.765. The summed E-state index contributed by atoms with van der Waals surface area (Å²) in [6.07, 6.45) is 10.4. The third kappa shape index (κ3) is 3.04. The van der Waals surface area contributed by atoms with E-state index < -0.39 is 0 Å². The van der Waals surface area contributed by atoms with Gasteiger partial charge in [0.1, 0.15) is 0 Å². The molecule has 1 fully saturated rings. The molecule has 1 nitrogen and oxygen atoms in total. The predicted molar refractivity (Wildman–Crippen MR) is 57.4 cm³/mol. The van der Waals surface area contributed by atoms with E-state index in [9.17, 15) is 0 Å². The zero-order valence-corrected chi connectivity index (χ0v) is 8.84. The number of hydrogen-bond donors (Lipinski definition) is 1. The normalized spacial score (nSPS) is 34.1. The van der Waals surface area contributed by atoms with Crippen LogP contribution in [0.15, 0.2) is 0 Å². The monoisotopic (exact) mass is 179 g/mol. The molecule has 0 aromatic carbocycles. The maximum absolute atomic E-state index is 5.39. The van der Waals surface area contributed by atoms with Gasteiger partial charge in [0.05, 0.1) is 0 Å². The summed E-state index contributed by atoms with van der Waals surface area (Å²) in [6.45, 7) is 3.48. The molecule has 3 atom stereocenters. The summed E-state index contributed by atoms with van der Waals surface area (Å²) < 4.78 is 0. The standard InChI is InChI=1S/C12H21N/c1-4-5-11-8-10(2)6-7-12(11)9-13-3/h1,10-13H,5-9H2,2-3H3. The van der Waals surface area contributed by atoms with Crippen LogP contribution in [0.2, 0.25) is 0 Å². The van der Waals surface area contributed by atoms with Crippen LogP contribution in [0, 0.1) is 30.1 Å². The topological polar surface area (TPSA) is 12.0 Å². The highest BCUT2D eigenvalue weighted by atomic mass is 14.8. The van der Waals surface area contributed by atoms with E-state index in [2.05, 4.69) is 18.2 Å². The Morgan fingerprint density at radius 3 is 2.77 bits per heavy atom. The molecule has 0 saturated heterocycles. The first-order chi connectivity index (χ1) is 6.27. The zero-order chi connectivity index (χ0) is 9.68. The Morgan fingerprint density at radius 1 is 1.38 bits per heavy atom. The van der Waals surface area contributed by atoms with Crippen LogP contribution in [-0.2, 0) is 0 Å². The predicted octanol–water partition coefficient (Wildman–Crippen LogP) is 2.28. The number of hydrogen-bond acceptors (Lipinski definition) is 1. The van der Waals surface area contributed by atoms with E-state index >= 15 is 0 Å². The van der Waals surface area contributed by atoms with E-state index in [1.54, 1.807) is 0 Å². The lowest BCUT2D eigenvalue weighted by atomic mass is 9.73. The highest BCUT2D eigenvalue weighted by molar-refractivity contribution is 4.91. The summed E-state index contributed by atoms with van der Waals surface area (Å²) in [7, 11) is 2.03. The average Bonchev–Trinajstić information content (AvgIpc) is 2.10. The van der Waals surface area contributed by atoms with E-state index in [4.69, 9.17) is 6.42 Å². The van der Waals surface area contributed by atoms with Gasteiger partial charge in [-0.2, -0.15) is 0 Å². The molecule has 0 spiro atoms. The van der Waals surface area contributed by atoms with Crippen LogP contribution in [0.1, 0.15) is 32.6 Å². The number of terminal acetylenes is 1. The summed E-state index contributed by atoms with van der Waals surface area (Å²) >= 11 is 0. The van der Waals surface area contributed by atoms with Gasteiger partial charge in [-0.3, -0.25) is 0 Å². The van der Waals surface area contributed by atoms with Crippen LogP contribution >= 0.6 is 0 Å². The first-order valence-electron chi connectivity index (χ1n) is 5.36. The molecule has 1 aliphatic rings. The summed E-state index contributed by atoms with van der Waals surface area (Å²) in [4.78, 5) is 0. The molecule has 13 heavy (non-hydrogen) atoms. The summed E-state index contributed by atoms with van der Waals surface area (Å²) in [6, 6.07) is 0. The maximum atomic E-state index is 5.39. The lowest BCUT2D eigenvalue weighted by Crippen LogP contribution is -2.31. The van der Waals surface area contributed by atoms with Crippen molar-refractivity contribution < 1.29 is 0 Å². The first kappa shape index (κ1) is 10.6. The maximum Gasteiger partial charge on any atom is 0.0118 e. The van der Waals surface area contributed by atoms with Crippen LogP contribution in [-0.4, -0.2) is 13.6 Å². The lowest BCUT2D eigenvalue weighted by molar-refractivity contribution is 0.190. The zero-order valence-electron chi connectivity index (χ0n) is 8.84. The van der Waals surface area contributed by atoms with Crippen LogP contribution < -0.4 is 5.32 Å². The van der Waals surface area contributed by atoms with Gasteiger partial charge in [0.2, 0.25) is 0 Å². The third-order valence-electron chi connectivity index (χ3n) is 3.25. The Hall–Kier alpha value is -0.480. The van der Waals surface area contributed by atoms with Crippen molar-refractivity contribution in [1.29, 1.82) is 0 Å². The van der Waals surface area contributed by atoms with Crippen LogP contribution in [0.25, 0.3) is 0 Å². The Bertz CT molecular complexity index is 180. The Balaban J connectivity index is 2.45. The van der Waals surface area contributed by atoms with Crippen LogP contribution in [0.4, 0.5) is 0 Å². The van der Waals surface area contributed by atoms with Gasteiger partial charge in [-0.15, -0.1) is 12.3 Å². The van der Waals surface area contributed by atoms with Crippen molar-refractivity contribution in [3.8, 4) is 12.3 Å². The van der Waals surface area contributed by atoms with Gasteiger partial charge in [0, 0.05) is 6.42 Å². The molecule has 0 aromatic heterocycles. The largest absolute Gasteiger partial charge is 0.319 e. The van der Waals surface area contributed by atoms with E-state index in [-0.39, 0.29) is 0 Å². The van der Waals surface area contributed by atoms with Crippen molar-refractivity contribution >= 4 is 0 Å². The quantitative estimate of drug-likeness (QED) is 0.655. The van der Waals surface area contributed by atoms with Gasteiger partial charge in [-0.05, 0) is 44.2 Å². The molecule has 1 rings (SSSR count). The molecule has 74 valence electrons. The Labute approximate surface area is 82.3 Å². The molecule has 0 aliphatic heterocycles. The fraction of sp³-hybridized carbons (Fsp3) is 0.833. The molecule has 0 radical (unpaired) electrons. The number of rotatable bonds is 3. The van der Waals surface area contributed by atoms with Crippen LogP contribution in [0.5, 0.6) is 0 Å². The molecule has 1 saturated carbocycles. The van der Waals surface area contributed by atoms with Gasteiger partial charge in [-0.25, -0.2) is 0 Å². The van der Waals surface area contributed by atoms with Gasteiger partial charge in [0.15, 0.2) is 0 Å². The number of nitrogens with one attached hydrogen (secondary N) is 1. The first-order valence-corrected chi connectivity index (χ1v) is 5.36. The summed E-state index contributed by atoms with van der Waals surface area (Å²) in [5.41, 5.74) is 0. The molecular formula is C12H21N. The second-order valence-electron chi connectivity index (χ2n) is 4.40. The lowest BCUT2D eigenvalue weighted by Gasteiger charge is -2.33. The van der Waals surface area contributed by atoms with Crippen molar-refractivity contribution in [2.45, 2.75) is 32.6 Å². The van der Waals surface area contributed by atoms with Crippen molar-refractivity contribution in [2.24, 2.45) is 17.8 Å². The van der Waals surface area contributed by atoms with Crippen molar-refractivity contribution in [3.63, 3.8) is 0 Å². The molecule has 1 N–H and O–H groups in total.